The first kappa shape index (κ1) is 12.7. The highest BCUT2D eigenvalue weighted by Crippen LogP contribution is 2.38. The van der Waals surface area contributed by atoms with Crippen molar-refractivity contribution in [3.05, 3.63) is 11.3 Å². The Labute approximate surface area is 95.6 Å². The first-order chi connectivity index (χ1) is 7.29. The van der Waals surface area contributed by atoms with Gasteiger partial charge in [-0.2, -0.15) is 0 Å². The summed E-state index contributed by atoms with van der Waals surface area (Å²) in [5, 5.41) is 0. The monoisotopic (exact) mass is 226 g/mol. The number of Topliss-reactive ketones (excluding diaryl/α,β-unsaturated/α-hetero) is 1. The van der Waals surface area contributed by atoms with Gasteiger partial charge in [0, 0.05) is 12.3 Å². The quantitative estimate of drug-likeness (QED) is 0.674. The van der Waals surface area contributed by atoms with Crippen molar-refractivity contribution < 1.29 is 19.1 Å². The lowest BCUT2D eigenvalue weighted by Crippen LogP contribution is -2.44. The van der Waals surface area contributed by atoms with E-state index in [1.54, 1.807) is 0 Å². The van der Waals surface area contributed by atoms with Crippen LogP contribution in [0.15, 0.2) is 11.3 Å². The van der Waals surface area contributed by atoms with Crippen LogP contribution in [0.25, 0.3) is 0 Å². The molecule has 1 atom stereocenters. The van der Waals surface area contributed by atoms with Crippen LogP contribution in [0.5, 0.6) is 0 Å². The number of rotatable bonds is 2. The molecule has 0 N–H and O–H groups in total. The zero-order valence-corrected chi connectivity index (χ0v) is 10.4. The molecule has 1 aliphatic rings. The Hall–Kier alpha value is -1.32. The SMILES string of the molecule is COC1=C(C)CC(C)(C)C(OC(C)=O)C1=O. The van der Waals surface area contributed by atoms with Gasteiger partial charge in [-0.15, -0.1) is 0 Å². The van der Waals surface area contributed by atoms with Gasteiger partial charge in [-0.1, -0.05) is 13.8 Å². The normalized spacial score (nSPS) is 24.3. The van der Waals surface area contributed by atoms with Gasteiger partial charge >= 0.3 is 5.97 Å². The molecule has 4 nitrogen and oxygen atoms in total. The third-order valence-electron chi connectivity index (χ3n) is 2.77. The topological polar surface area (TPSA) is 52.6 Å². The second kappa shape index (κ2) is 4.28. The van der Waals surface area contributed by atoms with Crippen LogP contribution in [0.4, 0.5) is 0 Å². The van der Waals surface area contributed by atoms with Crippen LogP contribution >= 0.6 is 0 Å². The van der Waals surface area contributed by atoms with Gasteiger partial charge in [0.05, 0.1) is 7.11 Å². The number of hydrogen-bond acceptors (Lipinski definition) is 4. The largest absolute Gasteiger partial charge is 0.493 e. The van der Waals surface area contributed by atoms with E-state index >= 15 is 0 Å². The van der Waals surface area contributed by atoms with Crippen LogP contribution in [0.2, 0.25) is 0 Å². The molecule has 0 saturated carbocycles. The average molecular weight is 226 g/mol. The Morgan fingerprint density at radius 1 is 1.44 bits per heavy atom. The second-order valence-electron chi connectivity index (χ2n) is 4.83. The van der Waals surface area contributed by atoms with E-state index in [9.17, 15) is 9.59 Å². The summed E-state index contributed by atoms with van der Waals surface area (Å²) in [4.78, 5) is 23.0. The van der Waals surface area contributed by atoms with Crippen molar-refractivity contribution in [2.45, 2.75) is 40.2 Å². The second-order valence-corrected chi connectivity index (χ2v) is 4.83. The van der Waals surface area contributed by atoms with Gasteiger partial charge in [-0.3, -0.25) is 9.59 Å². The molecule has 16 heavy (non-hydrogen) atoms. The average Bonchev–Trinajstić information content (AvgIpc) is 2.11. The highest BCUT2D eigenvalue weighted by Gasteiger charge is 2.44. The lowest BCUT2D eigenvalue weighted by molar-refractivity contribution is -0.161. The van der Waals surface area contributed by atoms with Crippen LogP contribution < -0.4 is 0 Å². The number of ketones is 1. The van der Waals surface area contributed by atoms with E-state index in [4.69, 9.17) is 9.47 Å². The number of ether oxygens (including phenoxy) is 2. The molecule has 0 fully saturated rings. The molecule has 0 bridgehead atoms. The van der Waals surface area contributed by atoms with Gasteiger partial charge in [0.1, 0.15) is 0 Å². The minimum atomic E-state index is -0.747. The fourth-order valence-corrected chi connectivity index (χ4v) is 2.19. The Morgan fingerprint density at radius 2 is 2.00 bits per heavy atom. The summed E-state index contributed by atoms with van der Waals surface area (Å²) in [6, 6.07) is 0. The Kier molecular flexibility index (Phi) is 3.41. The number of hydrogen-bond donors (Lipinski definition) is 0. The minimum Gasteiger partial charge on any atom is -0.493 e. The molecule has 0 aromatic heterocycles. The van der Waals surface area contributed by atoms with E-state index in [-0.39, 0.29) is 11.2 Å². The molecule has 0 spiro atoms. The van der Waals surface area contributed by atoms with Gasteiger partial charge < -0.3 is 9.47 Å². The van der Waals surface area contributed by atoms with Crippen molar-refractivity contribution in [3.63, 3.8) is 0 Å². The highest BCUT2D eigenvalue weighted by molar-refractivity contribution is 6.00. The van der Waals surface area contributed by atoms with Gasteiger partial charge in [0.15, 0.2) is 11.9 Å². The third kappa shape index (κ3) is 2.26. The molecule has 0 aromatic rings. The summed E-state index contributed by atoms with van der Waals surface area (Å²) in [5.74, 6) is -0.363. The van der Waals surface area contributed by atoms with Crippen molar-refractivity contribution in [1.82, 2.24) is 0 Å². The molecule has 0 heterocycles. The highest BCUT2D eigenvalue weighted by atomic mass is 16.6. The number of esters is 1. The minimum absolute atomic E-state index is 0.244. The van der Waals surface area contributed by atoms with Crippen molar-refractivity contribution in [2.75, 3.05) is 7.11 Å². The molecular formula is C12H18O4. The Bertz CT molecular complexity index is 352. The molecule has 90 valence electrons. The van der Waals surface area contributed by atoms with E-state index in [1.165, 1.54) is 14.0 Å². The lowest BCUT2D eigenvalue weighted by atomic mass is 9.74. The first-order valence-electron chi connectivity index (χ1n) is 5.24. The van der Waals surface area contributed by atoms with E-state index in [1.807, 2.05) is 20.8 Å². The molecule has 1 unspecified atom stereocenters. The summed E-state index contributed by atoms with van der Waals surface area (Å²) < 4.78 is 10.2. The predicted molar refractivity (Wildman–Crippen MR) is 58.7 cm³/mol. The van der Waals surface area contributed by atoms with Gasteiger partial charge in [0.25, 0.3) is 0 Å². The fourth-order valence-electron chi connectivity index (χ4n) is 2.19. The summed E-state index contributed by atoms with van der Waals surface area (Å²) in [7, 11) is 1.46. The van der Waals surface area contributed by atoms with E-state index in [0.717, 1.165) is 5.57 Å². The Morgan fingerprint density at radius 3 is 2.44 bits per heavy atom. The Balaban J connectivity index is 3.09. The maximum Gasteiger partial charge on any atom is 0.303 e. The smallest absolute Gasteiger partial charge is 0.303 e. The molecule has 4 heteroatoms. The van der Waals surface area contributed by atoms with Crippen LogP contribution in [-0.2, 0) is 19.1 Å². The van der Waals surface area contributed by atoms with Gasteiger partial charge in [-0.05, 0) is 18.9 Å². The summed E-state index contributed by atoms with van der Waals surface area (Å²) in [6.07, 6.45) is -0.0662. The number of methoxy groups -OCH3 is 1. The van der Waals surface area contributed by atoms with E-state index in [0.29, 0.717) is 12.2 Å². The predicted octanol–water partition coefficient (Wildman–Crippen LogP) is 1.84. The van der Waals surface area contributed by atoms with Crippen molar-refractivity contribution in [3.8, 4) is 0 Å². The van der Waals surface area contributed by atoms with Crippen molar-refractivity contribution in [1.29, 1.82) is 0 Å². The van der Waals surface area contributed by atoms with Crippen LogP contribution in [0.1, 0.15) is 34.1 Å². The third-order valence-corrected chi connectivity index (χ3v) is 2.77. The molecule has 0 saturated heterocycles. The number of carbonyl (C=O) groups is 2. The maximum absolute atomic E-state index is 12.1. The maximum atomic E-state index is 12.1. The molecule has 0 aromatic carbocycles. The zero-order valence-electron chi connectivity index (χ0n) is 10.4. The standard InChI is InChI=1S/C12H18O4/c1-7-6-12(3,4)11(16-8(2)13)9(14)10(7)15-5/h11H,6H2,1-5H3. The van der Waals surface area contributed by atoms with Crippen LogP contribution in [0, 0.1) is 5.41 Å². The molecular weight excluding hydrogens is 208 g/mol. The van der Waals surface area contributed by atoms with Gasteiger partial charge in [-0.25, -0.2) is 0 Å². The fraction of sp³-hybridized carbons (Fsp3) is 0.667. The molecule has 0 radical (unpaired) electrons. The lowest BCUT2D eigenvalue weighted by Gasteiger charge is -2.37. The van der Waals surface area contributed by atoms with Gasteiger partial charge in [0.2, 0.25) is 5.78 Å². The van der Waals surface area contributed by atoms with Crippen molar-refractivity contribution >= 4 is 11.8 Å². The number of carbonyl (C=O) groups excluding carboxylic acids is 2. The van der Waals surface area contributed by atoms with Crippen LogP contribution in [-0.4, -0.2) is 25.0 Å². The molecule has 0 aliphatic heterocycles. The van der Waals surface area contributed by atoms with Crippen LogP contribution in [0.3, 0.4) is 0 Å². The zero-order chi connectivity index (χ0) is 12.5. The first-order valence-corrected chi connectivity index (χ1v) is 5.24. The summed E-state index contributed by atoms with van der Waals surface area (Å²) in [5.41, 5.74) is 0.524. The molecule has 1 aliphatic carbocycles. The summed E-state index contributed by atoms with van der Waals surface area (Å²) >= 11 is 0. The van der Waals surface area contributed by atoms with E-state index in [2.05, 4.69) is 0 Å². The van der Waals surface area contributed by atoms with E-state index < -0.39 is 12.1 Å². The molecule has 0 amide bonds. The molecule has 1 rings (SSSR count). The summed E-state index contributed by atoms with van der Waals surface area (Å²) in [6.45, 7) is 6.99. The number of allylic oxidation sites excluding steroid dienone is 1. The van der Waals surface area contributed by atoms with Crippen molar-refractivity contribution in [2.24, 2.45) is 5.41 Å².